The summed E-state index contributed by atoms with van der Waals surface area (Å²) in [7, 11) is 2.05. The zero-order valence-electron chi connectivity index (χ0n) is 15.8. The van der Waals surface area contributed by atoms with Gasteiger partial charge in [0.1, 0.15) is 18.2 Å². The van der Waals surface area contributed by atoms with E-state index >= 15 is 0 Å². The smallest absolute Gasteiger partial charge is 0.258 e. The molecule has 0 radical (unpaired) electrons. The Hall–Kier alpha value is -2.93. The summed E-state index contributed by atoms with van der Waals surface area (Å²) in [4.78, 5) is 22.7. The van der Waals surface area contributed by atoms with E-state index in [4.69, 9.17) is 9.72 Å². The third-order valence-corrected chi connectivity index (χ3v) is 5.95. The summed E-state index contributed by atoms with van der Waals surface area (Å²) >= 11 is 1.59. The molecule has 7 heteroatoms. The fraction of sp³-hybridized carbons (Fsp3) is 0.286. The average Bonchev–Trinajstić information content (AvgIpc) is 3.37. The van der Waals surface area contributed by atoms with Gasteiger partial charge in [-0.05, 0) is 44.0 Å². The van der Waals surface area contributed by atoms with E-state index in [2.05, 4.69) is 9.55 Å². The number of ether oxygens (including phenoxy) is 1. The molecule has 0 amide bonds. The lowest BCUT2D eigenvalue weighted by atomic mass is 10.2. The van der Waals surface area contributed by atoms with Gasteiger partial charge in [0.25, 0.3) is 5.56 Å². The average molecular weight is 392 g/mol. The molecule has 3 aromatic heterocycles. The van der Waals surface area contributed by atoms with Crippen LogP contribution < -0.4 is 10.3 Å². The molecule has 1 aromatic carbocycles. The summed E-state index contributed by atoms with van der Waals surface area (Å²) in [6, 6.07) is 9.29. The number of nitrogens with zero attached hydrogens (tertiary/aromatic N) is 4. The fourth-order valence-electron chi connectivity index (χ4n) is 3.44. The molecule has 142 valence electrons. The molecule has 6 nitrogen and oxygen atoms in total. The van der Waals surface area contributed by atoms with Gasteiger partial charge in [-0.3, -0.25) is 9.36 Å². The van der Waals surface area contributed by atoms with E-state index in [0.29, 0.717) is 18.3 Å². The minimum absolute atomic E-state index is 0.123. The number of hydrogen-bond donors (Lipinski definition) is 0. The van der Waals surface area contributed by atoms with Gasteiger partial charge in [-0.15, -0.1) is 11.3 Å². The number of thiazole rings is 1. The van der Waals surface area contributed by atoms with Crippen LogP contribution in [0, 0.1) is 6.92 Å². The van der Waals surface area contributed by atoms with Gasteiger partial charge in [0.05, 0.1) is 26.6 Å². The summed E-state index contributed by atoms with van der Waals surface area (Å²) in [5.41, 5.74) is 2.72. The van der Waals surface area contributed by atoms with E-state index in [1.54, 1.807) is 28.3 Å². The van der Waals surface area contributed by atoms with Crippen LogP contribution in [0.5, 0.6) is 5.75 Å². The highest BCUT2D eigenvalue weighted by Gasteiger charge is 2.28. The lowest BCUT2D eigenvalue weighted by Gasteiger charge is -2.09. The third-order valence-electron chi connectivity index (χ3n) is 5.06. The minimum Gasteiger partial charge on any atom is -0.488 e. The quantitative estimate of drug-likeness (QED) is 0.516. The number of aryl methyl sites for hydroxylation is 2. The van der Waals surface area contributed by atoms with Gasteiger partial charge in [0, 0.05) is 31.4 Å². The van der Waals surface area contributed by atoms with E-state index in [-0.39, 0.29) is 5.56 Å². The second kappa shape index (κ2) is 6.60. The molecule has 0 aliphatic heterocycles. The molecule has 1 aliphatic rings. The van der Waals surface area contributed by atoms with Crippen molar-refractivity contribution in [1.82, 2.24) is 19.1 Å². The van der Waals surface area contributed by atoms with Crippen LogP contribution in [0.3, 0.4) is 0 Å². The zero-order valence-corrected chi connectivity index (χ0v) is 16.6. The Morgan fingerprint density at radius 2 is 2.11 bits per heavy atom. The van der Waals surface area contributed by atoms with Gasteiger partial charge in [0.15, 0.2) is 0 Å². The van der Waals surface area contributed by atoms with Crippen LogP contribution in [0.2, 0.25) is 0 Å². The fourth-order valence-corrected chi connectivity index (χ4v) is 4.15. The van der Waals surface area contributed by atoms with Crippen LogP contribution in [0.15, 0.2) is 47.5 Å². The predicted octanol–water partition coefficient (Wildman–Crippen LogP) is 3.95. The molecule has 1 aliphatic carbocycles. The SMILES string of the molecule is Cc1ncc(COc2ccn(-c3ccc4nc(C5CC5)n(C)c4c3)c(=O)c2)s1. The lowest BCUT2D eigenvalue weighted by Crippen LogP contribution is -2.16. The highest BCUT2D eigenvalue weighted by atomic mass is 32.1. The number of imidazole rings is 1. The summed E-state index contributed by atoms with van der Waals surface area (Å²) in [6.45, 7) is 2.38. The van der Waals surface area contributed by atoms with Crippen LogP contribution in [0.25, 0.3) is 16.7 Å². The Balaban J connectivity index is 1.42. The molecule has 0 spiro atoms. The van der Waals surface area contributed by atoms with E-state index in [1.165, 1.54) is 18.9 Å². The maximum absolute atomic E-state index is 12.7. The van der Waals surface area contributed by atoms with Crippen molar-refractivity contribution in [2.24, 2.45) is 7.05 Å². The van der Waals surface area contributed by atoms with Crippen LogP contribution >= 0.6 is 11.3 Å². The van der Waals surface area contributed by atoms with E-state index in [0.717, 1.165) is 32.4 Å². The summed E-state index contributed by atoms with van der Waals surface area (Å²) < 4.78 is 9.53. The molecule has 0 atom stereocenters. The monoisotopic (exact) mass is 392 g/mol. The molecule has 28 heavy (non-hydrogen) atoms. The Morgan fingerprint density at radius 3 is 2.82 bits per heavy atom. The summed E-state index contributed by atoms with van der Waals surface area (Å²) in [5.74, 6) is 2.29. The van der Waals surface area contributed by atoms with Gasteiger partial charge in [-0.25, -0.2) is 9.97 Å². The third kappa shape index (κ3) is 3.11. The molecule has 5 rings (SSSR count). The zero-order chi connectivity index (χ0) is 19.3. The number of pyridine rings is 1. The molecule has 0 N–H and O–H groups in total. The van der Waals surface area contributed by atoms with Crippen molar-refractivity contribution in [2.75, 3.05) is 0 Å². The van der Waals surface area contributed by atoms with Crippen molar-refractivity contribution in [3.05, 3.63) is 68.8 Å². The normalized spacial score (nSPS) is 13.9. The molecular formula is C21H20N4O2S. The largest absolute Gasteiger partial charge is 0.488 e. The Labute approximate surface area is 166 Å². The first-order valence-electron chi connectivity index (χ1n) is 9.32. The van der Waals surface area contributed by atoms with Crippen molar-refractivity contribution in [2.45, 2.75) is 32.3 Å². The Bertz CT molecular complexity index is 1230. The standard InChI is InChI=1S/C21H20N4O2S/c1-13-22-11-17(28-13)12-27-16-7-8-25(20(26)10-16)15-5-6-18-19(9-15)24(2)21(23-18)14-3-4-14/h5-11,14H,3-4,12H2,1-2H3. The van der Waals surface area contributed by atoms with Crippen LogP contribution in [-0.2, 0) is 13.7 Å². The number of fused-ring (bicyclic) bond motifs is 1. The maximum atomic E-state index is 12.7. The molecule has 4 aromatic rings. The second-order valence-electron chi connectivity index (χ2n) is 7.18. The van der Waals surface area contributed by atoms with Crippen LogP contribution in [0.4, 0.5) is 0 Å². The first-order valence-corrected chi connectivity index (χ1v) is 10.1. The van der Waals surface area contributed by atoms with Crippen molar-refractivity contribution in [1.29, 1.82) is 0 Å². The number of rotatable bonds is 5. The second-order valence-corrected chi connectivity index (χ2v) is 8.50. The molecular weight excluding hydrogens is 372 g/mol. The lowest BCUT2D eigenvalue weighted by molar-refractivity contribution is 0.308. The number of benzene rings is 1. The highest BCUT2D eigenvalue weighted by Crippen LogP contribution is 2.40. The molecule has 0 unspecified atom stereocenters. The van der Waals surface area contributed by atoms with Gasteiger partial charge >= 0.3 is 0 Å². The van der Waals surface area contributed by atoms with E-state index < -0.39 is 0 Å². The molecule has 0 bridgehead atoms. The Morgan fingerprint density at radius 1 is 1.25 bits per heavy atom. The van der Waals surface area contributed by atoms with Gasteiger partial charge in [0.2, 0.25) is 0 Å². The summed E-state index contributed by atoms with van der Waals surface area (Å²) in [5, 5.41) is 1.00. The van der Waals surface area contributed by atoms with Crippen molar-refractivity contribution < 1.29 is 4.74 Å². The highest BCUT2D eigenvalue weighted by molar-refractivity contribution is 7.11. The van der Waals surface area contributed by atoms with Crippen molar-refractivity contribution >= 4 is 22.4 Å². The topological polar surface area (TPSA) is 61.9 Å². The van der Waals surface area contributed by atoms with Gasteiger partial charge in [-0.2, -0.15) is 0 Å². The molecule has 0 saturated heterocycles. The Kier molecular flexibility index (Phi) is 4.05. The number of hydrogen-bond acceptors (Lipinski definition) is 5. The van der Waals surface area contributed by atoms with Crippen LogP contribution in [-0.4, -0.2) is 19.1 Å². The minimum atomic E-state index is -0.123. The molecule has 1 saturated carbocycles. The van der Waals surface area contributed by atoms with Crippen molar-refractivity contribution in [3.63, 3.8) is 0 Å². The predicted molar refractivity (Wildman–Crippen MR) is 109 cm³/mol. The van der Waals surface area contributed by atoms with Crippen LogP contribution in [0.1, 0.15) is 34.5 Å². The van der Waals surface area contributed by atoms with E-state index in [1.807, 2.05) is 38.2 Å². The molecule has 3 heterocycles. The first-order chi connectivity index (χ1) is 13.6. The first kappa shape index (κ1) is 17.2. The molecule has 1 fully saturated rings. The van der Waals surface area contributed by atoms with E-state index in [9.17, 15) is 4.79 Å². The maximum Gasteiger partial charge on any atom is 0.258 e. The van der Waals surface area contributed by atoms with Gasteiger partial charge in [-0.1, -0.05) is 0 Å². The van der Waals surface area contributed by atoms with Gasteiger partial charge < -0.3 is 9.30 Å². The summed E-state index contributed by atoms with van der Waals surface area (Å²) in [6.07, 6.45) is 5.99. The van der Waals surface area contributed by atoms with Crippen molar-refractivity contribution in [3.8, 4) is 11.4 Å². The number of aromatic nitrogens is 4.